The van der Waals surface area contributed by atoms with Gasteiger partial charge in [-0.15, -0.1) is 0 Å². The van der Waals surface area contributed by atoms with E-state index in [0.29, 0.717) is 0 Å². The van der Waals surface area contributed by atoms with Crippen LogP contribution in [-0.2, 0) is 16.6 Å². The molecule has 0 aliphatic carbocycles. The highest BCUT2D eigenvalue weighted by Gasteiger charge is 2.37. The highest BCUT2D eigenvalue weighted by molar-refractivity contribution is 5.91. The maximum absolute atomic E-state index is 15.0. The molecule has 1 aromatic carbocycles. The van der Waals surface area contributed by atoms with Crippen LogP contribution in [0.15, 0.2) is 31.4 Å². The number of likely N-dealkylation sites (tertiary alicyclic amines) is 1. The number of nitrogens with zero attached hydrogens (tertiary/aromatic N) is 7. The number of rotatable bonds is 5. The lowest BCUT2D eigenvalue weighted by atomic mass is 10.1. The summed E-state index contributed by atoms with van der Waals surface area (Å²) < 4.78 is 62.5. The van der Waals surface area contributed by atoms with E-state index in [1.807, 2.05) is 0 Å². The lowest BCUT2D eigenvalue weighted by molar-refractivity contribution is -0.146. The third-order valence-corrected chi connectivity index (χ3v) is 6.35. The molecule has 0 saturated carbocycles. The Labute approximate surface area is 212 Å². The Bertz CT molecular complexity index is 1640. The predicted octanol–water partition coefficient (Wildman–Crippen LogP) is 2.54. The number of halogens is 4. The molecule has 4 aromatic rings. The fourth-order valence-corrected chi connectivity index (χ4v) is 4.57. The zero-order valence-corrected chi connectivity index (χ0v) is 19.9. The Balaban J connectivity index is 1.56. The van der Waals surface area contributed by atoms with Crippen molar-refractivity contribution in [3.05, 3.63) is 54.3 Å². The second kappa shape index (κ2) is 9.75. The molecule has 1 aliphatic rings. The second-order valence-electron chi connectivity index (χ2n) is 8.60. The van der Waals surface area contributed by atoms with Gasteiger partial charge in [-0.25, -0.2) is 28.4 Å². The molecule has 5 rings (SSSR count). The smallest absolute Gasteiger partial charge is 0.345 e. The first-order valence-corrected chi connectivity index (χ1v) is 11.3. The zero-order chi connectivity index (χ0) is 27.1. The van der Waals surface area contributed by atoms with Gasteiger partial charge in [0.15, 0.2) is 11.5 Å². The van der Waals surface area contributed by atoms with E-state index in [-0.39, 0.29) is 46.5 Å². The highest BCUT2D eigenvalue weighted by atomic mass is 19.3. The number of aryl methyl sites for hydroxylation is 1. The minimum Gasteiger partial charge on any atom is -0.383 e. The number of aromatic nitrogens is 6. The van der Waals surface area contributed by atoms with Gasteiger partial charge in [0.1, 0.15) is 29.2 Å². The topological polar surface area (TPSA) is 117 Å². The number of nitrogens with two attached hydrogens (primary N) is 1. The lowest BCUT2D eigenvalue weighted by Crippen LogP contribution is -2.37. The molecule has 196 valence electrons. The predicted molar refractivity (Wildman–Crippen MR) is 128 cm³/mol. The Hall–Kier alpha value is -4.51. The van der Waals surface area contributed by atoms with Gasteiger partial charge in [-0.05, 0) is 18.4 Å². The van der Waals surface area contributed by atoms with Gasteiger partial charge in [0.25, 0.3) is 0 Å². The Morgan fingerprint density at radius 1 is 1.32 bits per heavy atom. The van der Waals surface area contributed by atoms with Gasteiger partial charge in [-0.2, -0.15) is 13.9 Å². The molecule has 2 N–H and O–H groups in total. The summed E-state index contributed by atoms with van der Waals surface area (Å²) in [6, 6.07) is -0.0637. The van der Waals surface area contributed by atoms with Crippen LogP contribution in [0.5, 0.6) is 0 Å². The lowest BCUT2D eigenvalue weighted by Gasteiger charge is -2.22. The van der Waals surface area contributed by atoms with Gasteiger partial charge >= 0.3 is 6.61 Å². The van der Waals surface area contributed by atoms with E-state index in [9.17, 15) is 18.0 Å². The van der Waals surface area contributed by atoms with E-state index < -0.39 is 48.4 Å². The number of nitrogen functional groups attached to an aromatic ring is 1. The SMILES string of the molecule is C=CC(=O)N1C[C@@H](n2nc(C#Cc3c(F)cc4c(ncn4C)c3F)c3c(N)ncnc32)C[C@@H]1COC(F)F. The van der Waals surface area contributed by atoms with Crippen LogP contribution >= 0.6 is 0 Å². The van der Waals surface area contributed by atoms with E-state index in [1.165, 1.54) is 26.8 Å². The number of imidazole rings is 1. The minimum atomic E-state index is -3.00. The van der Waals surface area contributed by atoms with Gasteiger partial charge in [-0.1, -0.05) is 12.5 Å². The number of fused-ring (bicyclic) bond motifs is 2. The molecular formula is C24H20F4N8O2. The van der Waals surface area contributed by atoms with Crippen molar-refractivity contribution < 1.29 is 27.1 Å². The van der Waals surface area contributed by atoms with Crippen molar-refractivity contribution in [2.75, 3.05) is 18.9 Å². The number of amides is 1. The number of anilines is 1. The molecule has 1 saturated heterocycles. The molecule has 0 unspecified atom stereocenters. The summed E-state index contributed by atoms with van der Waals surface area (Å²) in [4.78, 5) is 25.9. The van der Waals surface area contributed by atoms with Crippen molar-refractivity contribution in [2.45, 2.75) is 25.1 Å². The third kappa shape index (κ3) is 4.30. The summed E-state index contributed by atoms with van der Waals surface area (Å²) in [5.41, 5.74) is 6.11. The van der Waals surface area contributed by atoms with Gasteiger partial charge in [-0.3, -0.25) is 4.79 Å². The van der Waals surface area contributed by atoms with Crippen molar-refractivity contribution in [3.8, 4) is 11.8 Å². The Morgan fingerprint density at radius 2 is 2.11 bits per heavy atom. The van der Waals surface area contributed by atoms with Crippen LogP contribution in [0.1, 0.15) is 23.7 Å². The number of benzene rings is 1. The molecule has 2 atom stereocenters. The standard InChI is InChI=1S/C24H20F4N8O2/c1-3-18(37)35-8-12(6-13(35)9-38-24(27)28)36-23-19(22(29)30-10-31-23)16(33-36)5-4-14-15(25)7-17-21(20(14)26)32-11-34(17)2/h3,7,10-13,24H,1,6,8-9H2,2H3,(H2,29,30,31)/t12-,13+/m0/s1. The van der Waals surface area contributed by atoms with Gasteiger partial charge in [0.05, 0.1) is 41.5 Å². The minimum absolute atomic E-state index is 0.0290. The van der Waals surface area contributed by atoms with Gasteiger partial charge < -0.3 is 19.9 Å². The normalized spacial score (nSPS) is 17.4. The van der Waals surface area contributed by atoms with Crippen LogP contribution in [0.25, 0.3) is 22.1 Å². The monoisotopic (exact) mass is 528 g/mol. The fraction of sp³-hybridized carbons (Fsp3) is 0.292. The molecule has 3 aromatic heterocycles. The summed E-state index contributed by atoms with van der Waals surface area (Å²) in [5.74, 6) is 2.91. The van der Waals surface area contributed by atoms with Crippen LogP contribution in [-0.4, -0.2) is 65.9 Å². The van der Waals surface area contributed by atoms with Gasteiger partial charge in [0, 0.05) is 19.7 Å². The molecule has 0 bridgehead atoms. The van der Waals surface area contributed by atoms with E-state index in [4.69, 9.17) is 5.73 Å². The Kier molecular flexibility index (Phi) is 6.45. The van der Waals surface area contributed by atoms with Crippen molar-refractivity contribution in [3.63, 3.8) is 0 Å². The molecule has 10 nitrogen and oxygen atoms in total. The quantitative estimate of drug-likeness (QED) is 0.240. The van der Waals surface area contributed by atoms with Crippen LogP contribution in [0.2, 0.25) is 0 Å². The zero-order valence-electron chi connectivity index (χ0n) is 19.9. The first-order valence-electron chi connectivity index (χ1n) is 11.3. The average molecular weight is 528 g/mol. The van der Waals surface area contributed by atoms with E-state index in [2.05, 4.69) is 43.2 Å². The summed E-state index contributed by atoms with van der Waals surface area (Å²) >= 11 is 0. The summed E-state index contributed by atoms with van der Waals surface area (Å²) in [6.45, 7) is 0.157. The molecule has 4 heterocycles. The molecule has 1 amide bonds. The third-order valence-electron chi connectivity index (χ3n) is 6.35. The second-order valence-corrected chi connectivity index (χ2v) is 8.60. The van der Waals surface area contributed by atoms with E-state index >= 15 is 4.39 Å². The Morgan fingerprint density at radius 3 is 2.84 bits per heavy atom. The molecule has 1 aliphatic heterocycles. The van der Waals surface area contributed by atoms with Crippen LogP contribution in [0.4, 0.5) is 23.4 Å². The van der Waals surface area contributed by atoms with E-state index in [0.717, 1.165) is 12.1 Å². The number of ether oxygens (including phenoxy) is 1. The number of hydrogen-bond donors (Lipinski definition) is 1. The number of hydrogen-bond acceptors (Lipinski definition) is 7. The van der Waals surface area contributed by atoms with E-state index in [1.54, 1.807) is 7.05 Å². The maximum Gasteiger partial charge on any atom is 0.345 e. The largest absolute Gasteiger partial charge is 0.383 e. The molecule has 0 radical (unpaired) electrons. The molecular weight excluding hydrogens is 508 g/mol. The molecule has 1 fully saturated rings. The first-order chi connectivity index (χ1) is 18.2. The molecule has 14 heteroatoms. The summed E-state index contributed by atoms with van der Waals surface area (Å²) in [6.07, 6.45) is 3.86. The first kappa shape index (κ1) is 25.2. The van der Waals surface area contributed by atoms with Crippen molar-refractivity contribution in [2.24, 2.45) is 7.05 Å². The van der Waals surface area contributed by atoms with Crippen LogP contribution < -0.4 is 5.73 Å². The summed E-state index contributed by atoms with van der Waals surface area (Å²) in [7, 11) is 1.61. The molecule has 38 heavy (non-hydrogen) atoms. The molecule has 0 spiro atoms. The van der Waals surface area contributed by atoms with Crippen molar-refractivity contribution >= 4 is 33.8 Å². The van der Waals surface area contributed by atoms with Crippen molar-refractivity contribution in [1.29, 1.82) is 0 Å². The van der Waals surface area contributed by atoms with Crippen LogP contribution in [0.3, 0.4) is 0 Å². The number of carbonyl (C=O) groups is 1. The highest BCUT2D eigenvalue weighted by Crippen LogP contribution is 2.32. The number of alkyl halides is 2. The van der Waals surface area contributed by atoms with Crippen LogP contribution in [0, 0.1) is 23.5 Å². The fourth-order valence-electron chi connectivity index (χ4n) is 4.57. The van der Waals surface area contributed by atoms with Crippen molar-refractivity contribution in [1.82, 2.24) is 34.2 Å². The maximum atomic E-state index is 15.0. The number of carbonyl (C=O) groups excluding carboxylic acids is 1. The average Bonchev–Trinajstić information content (AvgIpc) is 3.58. The summed E-state index contributed by atoms with van der Waals surface area (Å²) in [5, 5.41) is 4.71. The van der Waals surface area contributed by atoms with Gasteiger partial charge in [0.2, 0.25) is 5.91 Å².